The van der Waals surface area contributed by atoms with Gasteiger partial charge in [-0.3, -0.25) is 4.79 Å². The molecule has 3 heteroatoms. The molecule has 0 heterocycles. The molecule has 0 aromatic rings. The Balaban J connectivity index is 2.18. The van der Waals surface area contributed by atoms with E-state index >= 15 is 0 Å². The van der Waals surface area contributed by atoms with E-state index in [1.54, 1.807) is 7.05 Å². The summed E-state index contributed by atoms with van der Waals surface area (Å²) >= 11 is 0. The fourth-order valence-corrected chi connectivity index (χ4v) is 1.78. The van der Waals surface area contributed by atoms with E-state index in [4.69, 9.17) is 0 Å². The number of nitrogens with one attached hydrogen (secondary N) is 2. The summed E-state index contributed by atoms with van der Waals surface area (Å²) in [5, 5.41) is 5.85. The molecule has 1 aliphatic carbocycles. The van der Waals surface area contributed by atoms with Crippen LogP contribution in [-0.2, 0) is 4.79 Å². The number of hydrogen-bond acceptors (Lipinski definition) is 2. The average Bonchev–Trinajstić information content (AvgIpc) is 2.36. The van der Waals surface area contributed by atoms with Crippen molar-refractivity contribution in [2.24, 2.45) is 5.92 Å². The van der Waals surface area contributed by atoms with E-state index in [9.17, 15) is 4.79 Å². The smallest absolute Gasteiger partial charge is 0.234 e. The maximum atomic E-state index is 11.1. The van der Waals surface area contributed by atoms with Crippen LogP contribution in [0.4, 0.5) is 0 Å². The standard InChI is InChI=1S/C9H18N2O/c1-7-3-4-8(5-7)11-9(12)6-10-2/h7-8,10H,3-6H2,1-2H3,(H,11,12)/t7-,8-/m1/s1. The highest BCUT2D eigenvalue weighted by Gasteiger charge is 2.21. The van der Waals surface area contributed by atoms with Crippen molar-refractivity contribution in [3.63, 3.8) is 0 Å². The SMILES string of the molecule is CNCC(=O)N[C@@H]1CC[C@@H](C)C1. The van der Waals surface area contributed by atoms with E-state index in [0.29, 0.717) is 12.6 Å². The van der Waals surface area contributed by atoms with Crippen LogP contribution in [0.25, 0.3) is 0 Å². The Morgan fingerprint density at radius 1 is 1.50 bits per heavy atom. The lowest BCUT2D eigenvalue weighted by molar-refractivity contribution is -0.120. The van der Waals surface area contributed by atoms with Crippen molar-refractivity contribution in [1.29, 1.82) is 0 Å². The monoisotopic (exact) mass is 170 g/mol. The van der Waals surface area contributed by atoms with Crippen LogP contribution < -0.4 is 10.6 Å². The molecule has 0 radical (unpaired) electrons. The molecule has 0 unspecified atom stereocenters. The number of carbonyl (C=O) groups is 1. The first-order valence-electron chi connectivity index (χ1n) is 4.66. The molecule has 70 valence electrons. The minimum Gasteiger partial charge on any atom is -0.352 e. The Kier molecular flexibility index (Phi) is 3.53. The summed E-state index contributed by atoms with van der Waals surface area (Å²) in [5.41, 5.74) is 0. The number of amides is 1. The lowest BCUT2D eigenvalue weighted by atomic mass is 10.1. The predicted molar refractivity (Wildman–Crippen MR) is 48.9 cm³/mol. The van der Waals surface area contributed by atoms with E-state index < -0.39 is 0 Å². The number of likely N-dealkylation sites (N-methyl/N-ethyl adjacent to an activating group) is 1. The first kappa shape index (κ1) is 9.52. The lowest BCUT2D eigenvalue weighted by Crippen LogP contribution is -2.38. The van der Waals surface area contributed by atoms with E-state index in [1.165, 1.54) is 6.42 Å². The highest BCUT2D eigenvalue weighted by molar-refractivity contribution is 5.78. The molecule has 2 N–H and O–H groups in total. The van der Waals surface area contributed by atoms with Crippen molar-refractivity contribution in [2.75, 3.05) is 13.6 Å². The van der Waals surface area contributed by atoms with Crippen molar-refractivity contribution < 1.29 is 4.79 Å². The van der Waals surface area contributed by atoms with Gasteiger partial charge in [0.2, 0.25) is 5.91 Å². The summed E-state index contributed by atoms with van der Waals surface area (Å²) in [4.78, 5) is 11.1. The van der Waals surface area contributed by atoms with Gasteiger partial charge in [-0.05, 0) is 32.2 Å². The van der Waals surface area contributed by atoms with Gasteiger partial charge < -0.3 is 10.6 Å². The second kappa shape index (κ2) is 4.45. The van der Waals surface area contributed by atoms with Crippen LogP contribution in [0.5, 0.6) is 0 Å². The zero-order valence-corrected chi connectivity index (χ0v) is 7.89. The van der Waals surface area contributed by atoms with Gasteiger partial charge in [-0.1, -0.05) is 6.92 Å². The second-order valence-corrected chi connectivity index (χ2v) is 3.71. The van der Waals surface area contributed by atoms with Gasteiger partial charge in [-0.25, -0.2) is 0 Å². The molecular formula is C9H18N2O. The summed E-state index contributed by atoms with van der Waals surface area (Å²) in [7, 11) is 1.79. The molecule has 1 fully saturated rings. The largest absolute Gasteiger partial charge is 0.352 e. The van der Waals surface area contributed by atoms with Crippen LogP contribution in [0.2, 0.25) is 0 Å². The molecule has 1 amide bonds. The van der Waals surface area contributed by atoms with E-state index in [1.807, 2.05) is 0 Å². The Hall–Kier alpha value is -0.570. The van der Waals surface area contributed by atoms with Gasteiger partial charge >= 0.3 is 0 Å². The van der Waals surface area contributed by atoms with Crippen molar-refractivity contribution >= 4 is 5.91 Å². The molecule has 0 aliphatic heterocycles. The van der Waals surface area contributed by atoms with Crippen molar-refractivity contribution in [1.82, 2.24) is 10.6 Å². The third-order valence-electron chi connectivity index (χ3n) is 2.40. The van der Waals surface area contributed by atoms with E-state index in [2.05, 4.69) is 17.6 Å². The van der Waals surface area contributed by atoms with Crippen LogP contribution in [0.15, 0.2) is 0 Å². The maximum Gasteiger partial charge on any atom is 0.234 e. The predicted octanol–water partition coefficient (Wildman–Crippen LogP) is 0.511. The zero-order valence-electron chi connectivity index (χ0n) is 7.89. The van der Waals surface area contributed by atoms with Gasteiger partial charge in [-0.2, -0.15) is 0 Å². The fraction of sp³-hybridized carbons (Fsp3) is 0.889. The van der Waals surface area contributed by atoms with Gasteiger partial charge in [0.25, 0.3) is 0 Å². The van der Waals surface area contributed by atoms with Crippen molar-refractivity contribution in [2.45, 2.75) is 32.2 Å². The third kappa shape index (κ3) is 2.81. The van der Waals surface area contributed by atoms with E-state index in [0.717, 1.165) is 18.8 Å². The molecule has 0 aromatic heterocycles. The lowest BCUT2D eigenvalue weighted by Gasteiger charge is -2.11. The molecule has 2 atom stereocenters. The normalized spacial score (nSPS) is 28.8. The highest BCUT2D eigenvalue weighted by atomic mass is 16.1. The van der Waals surface area contributed by atoms with Crippen LogP contribution in [-0.4, -0.2) is 25.5 Å². The van der Waals surface area contributed by atoms with Gasteiger partial charge in [0.1, 0.15) is 0 Å². The maximum absolute atomic E-state index is 11.1. The fourth-order valence-electron chi connectivity index (χ4n) is 1.78. The number of rotatable bonds is 3. The summed E-state index contributed by atoms with van der Waals surface area (Å²) in [5.74, 6) is 0.904. The quantitative estimate of drug-likeness (QED) is 0.648. The molecule has 1 saturated carbocycles. The van der Waals surface area contributed by atoms with Gasteiger partial charge in [0.05, 0.1) is 6.54 Å². The van der Waals surface area contributed by atoms with Crippen LogP contribution in [0, 0.1) is 5.92 Å². The Bertz CT molecular complexity index is 159. The van der Waals surface area contributed by atoms with Crippen LogP contribution in [0.3, 0.4) is 0 Å². The summed E-state index contributed by atoms with van der Waals surface area (Å²) in [6, 6.07) is 0.431. The first-order chi connectivity index (χ1) is 5.72. The Morgan fingerprint density at radius 2 is 2.25 bits per heavy atom. The molecule has 3 nitrogen and oxygen atoms in total. The van der Waals surface area contributed by atoms with E-state index in [-0.39, 0.29) is 5.91 Å². The Morgan fingerprint density at radius 3 is 2.75 bits per heavy atom. The first-order valence-corrected chi connectivity index (χ1v) is 4.66. The highest BCUT2D eigenvalue weighted by Crippen LogP contribution is 2.24. The molecule has 1 aliphatic rings. The van der Waals surface area contributed by atoms with Crippen LogP contribution >= 0.6 is 0 Å². The van der Waals surface area contributed by atoms with Gasteiger partial charge in [0, 0.05) is 6.04 Å². The summed E-state index contributed by atoms with van der Waals surface area (Å²) in [6.07, 6.45) is 3.55. The van der Waals surface area contributed by atoms with Crippen molar-refractivity contribution in [3.8, 4) is 0 Å². The third-order valence-corrected chi connectivity index (χ3v) is 2.40. The van der Waals surface area contributed by atoms with Gasteiger partial charge in [-0.15, -0.1) is 0 Å². The molecule has 0 saturated heterocycles. The molecule has 0 bridgehead atoms. The summed E-state index contributed by atoms with van der Waals surface area (Å²) < 4.78 is 0. The van der Waals surface area contributed by atoms with Crippen molar-refractivity contribution in [3.05, 3.63) is 0 Å². The summed E-state index contributed by atoms with van der Waals surface area (Å²) in [6.45, 7) is 2.68. The van der Waals surface area contributed by atoms with Crippen LogP contribution in [0.1, 0.15) is 26.2 Å². The minimum atomic E-state index is 0.122. The molecule has 0 aromatic carbocycles. The molecule has 12 heavy (non-hydrogen) atoms. The topological polar surface area (TPSA) is 41.1 Å². The molecular weight excluding hydrogens is 152 g/mol. The molecule has 1 rings (SSSR count). The average molecular weight is 170 g/mol. The number of hydrogen-bond donors (Lipinski definition) is 2. The second-order valence-electron chi connectivity index (χ2n) is 3.71. The zero-order chi connectivity index (χ0) is 8.97. The number of carbonyl (C=O) groups excluding carboxylic acids is 1. The Labute approximate surface area is 73.9 Å². The molecule has 0 spiro atoms. The van der Waals surface area contributed by atoms with Gasteiger partial charge in [0.15, 0.2) is 0 Å². The minimum absolute atomic E-state index is 0.122.